The molecule has 0 heterocycles. The number of aliphatic hydroxyl groups is 1. The van der Waals surface area contributed by atoms with Crippen LogP contribution in [0.2, 0.25) is 0 Å². The van der Waals surface area contributed by atoms with Crippen molar-refractivity contribution in [3.05, 3.63) is 35.6 Å². The van der Waals surface area contributed by atoms with Crippen LogP contribution in [0.15, 0.2) is 24.3 Å². The largest absolute Gasteiger partial charge is 0.396 e. The van der Waals surface area contributed by atoms with Crippen LogP contribution in [-0.4, -0.2) is 42.2 Å². The molecule has 1 amide bonds. The van der Waals surface area contributed by atoms with E-state index in [1.807, 2.05) is 0 Å². The Balaban J connectivity index is 2.05. The van der Waals surface area contributed by atoms with Gasteiger partial charge >= 0.3 is 0 Å². The molecule has 1 aliphatic carbocycles. The first-order valence-electron chi connectivity index (χ1n) is 10.2. The van der Waals surface area contributed by atoms with Gasteiger partial charge < -0.3 is 10.4 Å². The Morgan fingerprint density at radius 1 is 1.26 bits per heavy atom. The molecule has 2 N–H and O–H groups in total. The second-order valence-electron chi connectivity index (χ2n) is 8.99. The summed E-state index contributed by atoms with van der Waals surface area (Å²) in [5, 5.41) is 12.4. The third kappa shape index (κ3) is 7.59. The minimum absolute atomic E-state index is 0.00147. The number of carbonyl (C=O) groups excluding carboxylic acids is 1. The molecule has 0 aromatic heterocycles. The highest BCUT2D eigenvalue weighted by Crippen LogP contribution is 2.35. The van der Waals surface area contributed by atoms with E-state index in [9.17, 15) is 9.18 Å². The zero-order valence-electron chi connectivity index (χ0n) is 17.0. The van der Waals surface area contributed by atoms with Gasteiger partial charge in [-0.2, -0.15) is 0 Å². The van der Waals surface area contributed by atoms with Crippen molar-refractivity contribution >= 4 is 5.91 Å². The molecule has 0 aliphatic heterocycles. The van der Waals surface area contributed by atoms with Gasteiger partial charge in [-0.05, 0) is 48.3 Å². The average molecular weight is 379 g/mol. The monoisotopic (exact) mass is 378 g/mol. The summed E-state index contributed by atoms with van der Waals surface area (Å²) in [6.45, 7) is 8.39. The highest BCUT2D eigenvalue weighted by Gasteiger charge is 2.28. The lowest BCUT2D eigenvalue weighted by molar-refractivity contribution is -0.123. The number of carbonyl (C=O) groups is 1. The van der Waals surface area contributed by atoms with E-state index < -0.39 is 0 Å². The molecule has 0 spiro atoms. The molecule has 1 aromatic carbocycles. The molecular formula is C22H35FN2O2. The van der Waals surface area contributed by atoms with E-state index in [-0.39, 0.29) is 29.8 Å². The smallest absolute Gasteiger partial charge is 0.234 e. The molecular weight excluding hydrogens is 343 g/mol. The SMILES string of the molecule is CC(C)(C)CN(CCCO)CC(=O)NC(c1ccc(F)cc1)C1CCCC1. The molecule has 5 heteroatoms. The minimum atomic E-state index is -0.254. The molecule has 0 radical (unpaired) electrons. The molecule has 2 rings (SSSR count). The van der Waals surface area contributed by atoms with Crippen molar-refractivity contribution in [3.63, 3.8) is 0 Å². The summed E-state index contributed by atoms with van der Waals surface area (Å²) in [4.78, 5) is 14.9. The van der Waals surface area contributed by atoms with Crippen LogP contribution in [0.5, 0.6) is 0 Å². The first-order chi connectivity index (χ1) is 12.8. The van der Waals surface area contributed by atoms with Gasteiger partial charge in [-0.1, -0.05) is 45.7 Å². The lowest BCUT2D eigenvalue weighted by Gasteiger charge is -2.31. The van der Waals surface area contributed by atoms with Crippen molar-refractivity contribution < 1.29 is 14.3 Å². The molecule has 0 bridgehead atoms. The fraction of sp³-hybridized carbons (Fsp3) is 0.682. The van der Waals surface area contributed by atoms with E-state index in [4.69, 9.17) is 5.11 Å². The van der Waals surface area contributed by atoms with E-state index >= 15 is 0 Å². The fourth-order valence-electron chi connectivity index (χ4n) is 4.04. The topological polar surface area (TPSA) is 52.6 Å². The second-order valence-corrected chi connectivity index (χ2v) is 8.99. The van der Waals surface area contributed by atoms with Crippen molar-refractivity contribution in [3.8, 4) is 0 Å². The van der Waals surface area contributed by atoms with Gasteiger partial charge in [-0.25, -0.2) is 4.39 Å². The summed E-state index contributed by atoms with van der Waals surface area (Å²) in [5.41, 5.74) is 1.06. The number of nitrogens with one attached hydrogen (secondary N) is 1. The summed E-state index contributed by atoms with van der Waals surface area (Å²) in [6, 6.07) is 6.46. The van der Waals surface area contributed by atoms with Crippen molar-refractivity contribution in [2.45, 2.75) is 58.9 Å². The number of benzene rings is 1. The zero-order valence-corrected chi connectivity index (χ0v) is 17.0. The molecule has 1 aromatic rings. The maximum Gasteiger partial charge on any atom is 0.234 e. The standard InChI is InChI=1S/C22H35FN2O2/c1-22(2,3)16-25(13-6-14-26)15-20(27)24-21(17-7-4-5-8-17)18-9-11-19(23)12-10-18/h9-12,17,21,26H,4-8,13-16H2,1-3H3,(H,24,27). The van der Waals surface area contributed by atoms with Crippen molar-refractivity contribution in [1.82, 2.24) is 10.2 Å². The number of hydrogen-bond donors (Lipinski definition) is 2. The normalized spacial score (nSPS) is 16.7. The average Bonchev–Trinajstić information content (AvgIpc) is 3.11. The molecule has 0 saturated heterocycles. The quantitative estimate of drug-likeness (QED) is 0.685. The van der Waals surface area contributed by atoms with Gasteiger partial charge in [0.25, 0.3) is 0 Å². The lowest BCUT2D eigenvalue weighted by Crippen LogP contribution is -2.43. The third-order valence-corrected chi connectivity index (χ3v) is 5.11. The Kier molecular flexibility index (Phi) is 8.24. The van der Waals surface area contributed by atoms with E-state index in [1.54, 1.807) is 12.1 Å². The lowest BCUT2D eigenvalue weighted by atomic mass is 9.91. The number of amides is 1. The first-order valence-corrected chi connectivity index (χ1v) is 10.2. The predicted molar refractivity (Wildman–Crippen MR) is 107 cm³/mol. The van der Waals surface area contributed by atoms with Crippen LogP contribution in [0.3, 0.4) is 0 Å². The highest BCUT2D eigenvalue weighted by atomic mass is 19.1. The van der Waals surface area contributed by atoms with E-state index in [1.165, 1.54) is 25.0 Å². The zero-order chi connectivity index (χ0) is 19.9. The Hall–Kier alpha value is -1.46. The maximum absolute atomic E-state index is 13.3. The maximum atomic E-state index is 13.3. The van der Waals surface area contributed by atoms with Crippen LogP contribution in [0, 0.1) is 17.2 Å². The minimum Gasteiger partial charge on any atom is -0.396 e. The van der Waals surface area contributed by atoms with Crippen LogP contribution < -0.4 is 5.32 Å². The van der Waals surface area contributed by atoms with Gasteiger partial charge in [0.05, 0.1) is 12.6 Å². The van der Waals surface area contributed by atoms with Crippen LogP contribution in [0.1, 0.15) is 64.5 Å². The number of nitrogens with zero attached hydrogens (tertiary/aromatic N) is 1. The molecule has 152 valence electrons. The van der Waals surface area contributed by atoms with Gasteiger partial charge in [-0.3, -0.25) is 9.69 Å². The Bertz CT molecular complexity index is 577. The molecule has 27 heavy (non-hydrogen) atoms. The summed E-state index contributed by atoms with van der Waals surface area (Å²) in [7, 11) is 0. The molecule has 1 fully saturated rings. The Morgan fingerprint density at radius 3 is 2.44 bits per heavy atom. The summed E-state index contributed by atoms with van der Waals surface area (Å²) < 4.78 is 13.3. The fourth-order valence-corrected chi connectivity index (χ4v) is 4.04. The van der Waals surface area contributed by atoms with E-state index in [0.717, 1.165) is 24.9 Å². The van der Waals surface area contributed by atoms with Gasteiger partial charge in [-0.15, -0.1) is 0 Å². The second kappa shape index (κ2) is 10.2. The summed E-state index contributed by atoms with van der Waals surface area (Å²) in [6.07, 6.45) is 5.22. The molecule has 1 aliphatic rings. The van der Waals surface area contributed by atoms with Gasteiger partial charge in [0.1, 0.15) is 5.82 Å². The van der Waals surface area contributed by atoms with Crippen molar-refractivity contribution in [2.75, 3.05) is 26.2 Å². The van der Waals surface area contributed by atoms with Gasteiger partial charge in [0, 0.05) is 19.7 Å². The summed E-state index contributed by atoms with van der Waals surface area (Å²) in [5.74, 6) is 0.155. The summed E-state index contributed by atoms with van der Waals surface area (Å²) >= 11 is 0. The van der Waals surface area contributed by atoms with E-state index in [2.05, 4.69) is 31.0 Å². The van der Waals surface area contributed by atoms with Crippen molar-refractivity contribution in [2.24, 2.45) is 11.3 Å². The predicted octanol–water partition coefficient (Wildman–Crippen LogP) is 3.90. The number of hydrogen-bond acceptors (Lipinski definition) is 3. The molecule has 4 nitrogen and oxygen atoms in total. The number of aliphatic hydroxyl groups excluding tert-OH is 1. The van der Waals surface area contributed by atoms with Crippen LogP contribution >= 0.6 is 0 Å². The van der Waals surface area contributed by atoms with Crippen LogP contribution in [-0.2, 0) is 4.79 Å². The van der Waals surface area contributed by atoms with Gasteiger partial charge in [0.15, 0.2) is 0 Å². The number of halogens is 1. The number of rotatable bonds is 9. The van der Waals surface area contributed by atoms with Crippen LogP contribution in [0.4, 0.5) is 4.39 Å². The third-order valence-electron chi connectivity index (χ3n) is 5.11. The van der Waals surface area contributed by atoms with Gasteiger partial charge in [0.2, 0.25) is 5.91 Å². The van der Waals surface area contributed by atoms with Crippen LogP contribution in [0.25, 0.3) is 0 Å². The molecule has 1 saturated carbocycles. The van der Waals surface area contributed by atoms with E-state index in [0.29, 0.717) is 25.4 Å². The first kappa shape index (κ1) is 21.8. The Morgan fingerprint density at radius 2 is 1.89 bits per heavy atom. The molecule has 1 atom stereocenters. The van der Waals surface area contributed by atoms with Crippen molar-refractivity contribution in [1.29, 1.82) is 0 Å². The highest BCUT2D eigenvalue weighted by molar-refractivity contribution is 5.78. The molecule has 1 unspecified atom stereocenters. The Labute approximate surface area is 163 Å².